The van der Waals surface area contributed by atoms with Crippen molar-refractivity contribution in [2.24, 2.45) is 5.92 Å². The molecule has 2 atom stereocenters. The standard InChI is InChI=1S/C23H33N5OS.CH2O2/c1-16-6-7-20(24-13-16)18(3)26-23-25-14-21(30-23)22(29)27-11-8-19(9-12-27)28-10-4-5-17(2)15-28;2-1-3/h6-7,13-14,17-19H,4-5,8-12,15H2,1-3H3,(H,25,26);1H,(H,2,3)/t17-,18?;/m1./s1. The molecule has 0 radical (unpaired) electrons. The van der Waals surface area contributed by atoms with Crippen LogP contribution >= 0.6 is 11.3 Å². The van der Waals surface area contributed by atoms with E-state index in [1.165, 1.54) is 37.3 Å². The van der Waals surface area contributed by atoms with E-state index in [1.54, 1.807) is 6.20 Å². The highest BCUT2D eigenvalue weighted by Crippen LogP contribution is 2.27. The fourth-order valence-corrected chi connectivity index (χ4v) is 5.45. The molecule has 2 aromatic heterocycles. The number of aryl methyl sites for hydroxylation is 1. The smallest absolute Gasteiger partial charge is 0.290 e. The van der Waals surface area contributed by atoms with E-state index in [1.807, 2.05) is 24.1 Å². The molecule has 2 aromatic rings. The molecule has 0 aliphatic carbocycles. The maximum absolute atomic E-state index is 13.0. The SMILES string of the molecule is Cc1ccc(C(C)Nc2ncc(C(=O)N3CCC(N4CCC[C@@H](C)C4)CC3)s2)nc1.O=CO. The van der Waals surface area contributed by atoms with Gasteiger partial charge in [-0.2, -0.15) is 0 Å². The summed E-state index contributed by atoms with van der Waals surface area (Å²) < 4.78 is 0. The van der Waals surface area contributed by atoms with Gasteiger partial charge in [-0.25, -0.2) is 4.98 Å². The van der Waals surface area contributed by atoms with Gasteiger partial charge >= 0.3 is 0 Å². The third kappa shape index (κ3) is 6.98. The first-order valence-corrected chi connectivity index (χ1v) is 12.5. The molecule has 1 unspecified atom stereocenters. The molecule has 2 N–H and O–H groups in total. The Morgan fingerprint density at radius 3 is 2.58 bits per heavy atom. The van der Waals surface area contributed by atoms with E-state index in [4.69, 9.17) is 9.90 Å². The van der Waals surface area contributed by atoms with E-state index >= 15 is 0 Å². The Kier molecular flexibility index (Phi) is 9.20. The summed E-state index contributed by atoms with van der Waals surface area (Å²) in [5.74, 6) is 0.922. The van der Waals surface area contributed by atoms with Gasteiger partial charge in [0.15, 0.2) is 5.13 Å². The summed E-state index contributed by atoms with van der Waals surface area (Å²) in [5.41, 5.74) is 2.12. The van der Waals surface area contributed by atoms with Crippen molar-refractivity contribution in [3.05, 3.63) is 40.7 Å². The maximum Gasteiger partial charge on any atom is 0.290 e. The van der Waals surface area contributed by atoms with Gasteiger partial charge in [0, 0.05) is 31.9 Å². The van der Waals surface area contributed by atoms with Crippen LogP contribution < -0.4 is 5.32 Å². The van der Waals surface area contributed by atoms with Gasteiger partial charge in [-0.1, -0.05) is 24.3 Å². The number of thiazole rings is 1. The molecule has 4 heterocycles. The molecule has 180 valence electrons. The number of carboxylic acid groups (broad SMARTS) is 1. The predicted molar refractivity (Wildman–Crippen MR) is 131 cm³/mol. The van der Waals surface area contributed by atoms with Crippen molar-refractivity contribution >= 4 is 28.8 Å². The number of nitrogens with one attached hydrogen (secondary N) is 1. The number of piperidine rings is 2. The fraction of sp³-hybridized carbons (Fsp3) is 0.583. The normalized spacial score (nSPS) is 20.5. The minimum Gasteiger partial charge on any atom is -0.483 e. The van der Waals surface area contributed by atoms with E-state index in [0.717, 1.165) is 48.2 Å². The van der Waals surface area contributed by atoms with Crippen LogP contribution in [0.3, 0.4) is 0 Å². The van der Waals surface area contributed by atoms with Gasteiger partial charge in [-0.15, -0.1) is 0 Å². The topological polar surface area (TPSA) is 98.7 Å². The number of nitrogens with zero attached hydrogens (tertiary/aromatic N) is 4. The minimum atomic E-state index is -0.250. The van der Waals surface area contributed by atoms with Crippen LogP contribution in [0.4, 0.5) is 5.13 Å². The molecule has 2 saturated heterocycles. The zero-order valence-corrected chi connectivity index (χ0v) is 20.6. The van der Waals surface area contributed by atoms with Gasteiger partial charge in [0.1, 0.15) is 4.88 Å². The summed E-state index contributed by atoms with van der Waals surface area (Å²) >= 11 is 1.44. The second kappa shape index (κ2) is 12.1. The summed E-state index contributed by atoms with van der Waals surface area (Å²) in [7, 11) is 0. The monoisotopic (exact) mass is 473 g/mol. The molecule has 0 spiro atoms. The number of pyridine rings is 1. The van der Waals surface area contributed by atoms with Crippen molar-refractivity contribution in [2.75, 3.05) is 31.5 Å². The highest BCUT2D eigenvalue weighted by Gasteiger charge is 2.30. The first-order chi connectivity index (χ1) is 15.9. The van der Waals surface area contributed by atoms with Crippen molar-refractivity contribution in [1.82, 2.24) is 19.8 Å². The maximum atomic E-state index is 13.0. The van der Waals surface area contributed by atoms with Crippen LogP contribution in [0.1, 0.15) is 66.5 Å². The van der Waals surface area contributed by atoms with Crippen LogP contribution in [0.2, 0.25) is 0 Å². The van der Waals surface area contributed by atoms with Crippen LogP contribution in [-0.4, -0.2) is 69.5 Å². The molecular formula is C24H35N5O3S. The van der Waals surface area contributed by atoms with Crippen molar-refractivity contribution in [3.63, 3.8) is 0 Å². The number of anilines is 1. The molecule has 2 aliphatic heterocycles. The molecular weight excluding hydrogens is 438 g/mol. The molecule has 1 amide bonds. The van der Waals surface area contributed by atoms with Crippen molar-refractivity contribution in [3.8, 4) is 0 Å². The van der Waals surface area contributed by atoms with Crippen molar-refractivity contribution < 1.29 is 14.7 Å². The predicted octanol–water partition coefficient (Wildman–Crippen LogP) is 4.06. The Hall–Kier alpha value is -2.52. The van der Waals surface area contributed by atoms with Crippen LogP contribution in [0.5, 0.6) is 0 Å². The lowest BCUT2D eigenvalue weighted by Gasteiger charge is -2.41. The summed E-state index contributed by atoms with van der Waals surface area (Å²) in [4.78, 5) is 35.6. The highest BCUT2D eigenvalue weighted by molar-refractivity contribution is 7.17. The average molecular weight is 474 g/mol. The second-order valence-corrected chi connectivity index (χ2v) is 10.1. The number of likely N-dealkylation sites (tertiary alicyclic amines) is 2. The molecule has 0 aromatic carbocycles. The molecule has 33 heavy (non-hydrogen) atoms. The van der Waals surface area contributed by atoms with Crippen molar-refractivity contribution in [1.29, 1.82) is 0 Å². The van der Waals surface area contributed by atoms with E-state index in [9.17, 15) is 4.79 Å². The van der Waals surface area contributed by atoms with Crippen LogP contribution in [-0.2, 0) is 4.79 Å². The van der Waals surface area contributed by atoms with Crippen LogP contribution in [0.15, 0.2) is 24.5 Å². The van der Waals surface area contributed by atoms with E-state index < -0.39 is 0 Å². The zero-order valence-electron chi connectivity index (χ0n) is 19.7. The lowest BCUT2D eigenvalue weighted by atomic mass is 9.95. The summed E-state index contributed by atoms with van der Waals surface area (Å²) in [6, 6.07) is 4.77. The second-order valence-electron chi connectivity index (χ2n) is 9.03. The number of aromatic nitrogens is 2. The van der Waals surface area contributed by atoms with Crippen molar-refractivity contribution in [2.45, 2.75) is 58.5 Å². The molecule has 2 fully saturated rings. The highest BCUT2D eigenvalue weighted by atomic mass is 32.1. The van der Waals surface area contributed by atoms with Gasteiger partial charge < -0.3 is 15.3 Å². The minimum absolute atomic E-state index is 0.0439. The van der Waals surface area contributed by atoms with Crippen LogP contribution in [0.25, 0.3) is 0 Å². The third-order valence-corrected chi connectivity index (χ3v) is 7.31. The van der Waals surface area contributed by atoms with Gasteiger partial charge in [-0.3, -0.25) is 19.5 Å². The number of carbonyl (C=O) groups is 2. The quantitative estimate of drug-likeness (QED) is 0.632. The lowest BCUT2D eigenvalue weighted by molar-refractivity contribution is -0.122. The number of rotatable bonds is 5. The van der Waals surface area contributed by atoms with E-state index in [2.05, 4.69) is 40.1 Å². The Balaban J connectivity index is 0.000000968. The molecule has 2 aliphatic rings. The van der Waals surface area contributed by atoms with E-state index in [0.29, 0.717) is 10.9 Å². The number of hydrogen-bond acceptors (Lipinski definition) is 7. The summed E-state index contributed by atoms with van der Waals surface area (Å²) in [5, 5.41) is 11.0. The lowest BCUT2D eigenvalue weighted by Crippen LogP contribution is -2.49. The van der Waals surface area contributed by atoms with Crippen LogP contribution in [0, 0.1) is 12.8 Å². The molecule has 8 nitrogen and oxygen atoms in total. The summed E-state index contributed by atoms with van der Waals surface area (Å²) in [6.45, 7) is 10.3. The molecule has 4 rings (SSSR count). The Morgan fingerprint density at radius 1 is 1.21 bits per heavy atom. The third-order valence-electron chi connectivity index (χ3n) is 6.39. The Bertz CT molecular complexity index is 896. The molecule has 0 bridgehead atoms. The number of hydrogen-bond donors (Lipinski definition) is 2. The number of amides is 1. The molecule has 0 saturated carbocycles. The average Bonchev–Trinajstić information content (AvgIpc) is 3.28. The first kappa shape index (κ1) is 25.1. The Labute approximate surface area is 200 Å². The first-order valence-electron chi connectivity index (χ1n) is 11.7. The Morgan fingerprint density at radius 2 is 1.94 bits per heavy atom. The largest absolute Gasteiger partial charge is 0.483 e. The fourth-order valence-electron chi connectivity index (χ4n) is 4.58. The molecule has 9 heteroatoms. The summed E-state index contributed by atoms with van der Waals surface area (Å²) in [6.07, 6.45) is 8.42. The van der Waals surface area contributed by atoms with E-state index in [-0.39, 0.29) is 18.4 Å². The van der Waals surface area contributed by atoms with Gasteiger partial charge in [0.25, 0.3) is 12.4 Å². The number of carbonyl (C=O) groups excluding carboxylic acids is 1. The van der Waals surface area contributed by atoms with Gasteiger partial charge in [-0.05, 0) is 63.6 Å². The van der Waals surface area contributed by atoms with Gasteiger partial charge in [0.05, 0.1) is 17.9 Å². The van der Waals surface area contributed by atoms with Gasteiger partial charge in [0.2, 0.25) is 0 Å². The zero-order chi connectivity index (χ0) is 23.8.